The van der Waals surface area contributed by atoms with Gasteiger partial charge in [-0.05, 0) is 23.6 Å². The Bertz CT molecular complexity index is 397. The molecule has 1 aromatic carbocycles. The first-order valence-electron chi connectivity index (χ1n) is 6.05. The number of aliphatic hydroxyl groups excluding tert-OH is 1. The van der Waals surface area contributed by atoms with E-state index in [4.69, 9.17) is 5.26 Å². The summed E-state index contributed by atoms with van der Waals surface area (Å²) in [6.45, 7) is 5.56. The van der Waals surface area contributed by atoms with Crippen molar-refractivity contribution in [2.45, 2.75) is 20.0 Å². The van der Waals surface area contributed by atoms with E-state index in [1.807, 2.05) is 4.90 Å². The average Bonchev–Trinajstić information content (AvgIpc) is 2.29. The normalized spacial score (nSPS) is 12.7. The first-order valence-corrected chi connectivity index (χ1v) is 6.05. The standard InChI is InChI=1S/C14H19FN2O/c1-11(2)9-17(8-7-16)10-14(18)12-3-5-13(15)6-4-12/h3-6,11,14,18H,8-10H2,1-2H3. The van der Waals surface area contributed by atoms with E-state index >= 15 is 0 Å². The van der Waals surface area contributed by atoms with Crippen LogP contribution in [0.2, 0.25) is 0 Å². The van der Waals surface area contributed by atoms with Gasteiger partial charge in [0.15, 0.2) is 0 Å². The number of nitrogens with zero attached hydrogens (tertiary/aromatic N) is 2. The van der Waals surface area contributed by atoms with Crippen LogP contribution in [0, 0.1) is 23.1 Å². The van der Waals surface area contributed by atoms with Crippen molar-refractivity contribution in [3.05, 3.63) is 35.6 Å². The van der Waals surface area contributed by atoms with E-state index < -0.39 is 6.10 Å². The molecule has 3 nitrogen and oxygen atoms in total. The van der Waals surface area contributed by atoms with Gasteiger partial charge in [-0.1, -0.05) is 26.0 Å². The largest absolute Gasteiger partial charge is 0.387 e. The van der Waals surface area contributed by atoms with E-state index in [0.29, 0.717) is 18.0 Å². The monoisotopic (exact) mass is 250 g/mol. The topological polar surface area (TPSA) is 47.3 Å². The molecule has 0 spiro atoms. The van der Waals surface area contributed by atoms with Crippen LogP contribution < -0.4 is 0 Å². The lowest BCUT2D eigenvalue weighted by Crippen LogP contribution is -2.32. The molecule has 18 heavy (non-hydrogen) atoms. The van der Waals surface area contributed by atoms with Crippen LogP contribution in [0.5, 0.6) is 0 Å². The highest BCUT2D eigenvalue weighted by molar-refractivity contribution is 5.18. The summed E-state index contributed by atoms with van der Waals surface area (Å²) in [7, 11) is 0. The van der Waals surface area contributed by atoms with Crippen molar-refractivity contribution < 1.29 is 9.50 Å². The average molecular weight is 250 g/mol. The van der Waals surface area contributed by atoms with Gasteiger partial charge in [0.1, 0.15) is 5.82 Å². The number of rotatable bonds is 6. The van der Waals surface area contributed by atoms with Gasteiger partial charge in [-0.3, -0.25) is 4.90 Å². The third kappa shape index (κ3) is 4.82. The molecule has 0 aliphatic rings. The zero-order valence-corrected chi connectivity index (χ0v) is 10.8. The number of aliphatic hydroxyl groups is 1. The molecule has 1 N–H and O–H groups in total. The first-order chi connectivity index (χ1) is 8.52. The maximum absolute atomic E-state index is 12.8. The number of nitriles is 1. The fourth-order valence-electron chi connectivity index (χ4n) is 1.85. The second kappa shape index (κ2) is 7.10. The summed E-state index contributed by atoms with van der Waals surface area (Å²) < 4.78 is 12.8. The summed E-state index contributed by atoms with van der Waals surface area (Å²) in [5, 5.41) is 18.8. The Morgan fingerprint density at radius 2 is 1.89 bits per heavy atom. The van der Waals surface area contributed by atoms with Crippen molar-refractivity contribution in [3.8, 4) is 6.07 Å². The van der Waals surface area contributed by atoms with Crippen LogP contribution in [-0.2, 0) is 0 Å². The van der Waals surface area contributed by atoms with E-state index in [0.717, 1.165) is 6.54 Å². The summed E-state index contributed by atoms with van der Waals surface area (Å²) in [6.07, 6.45) is -0.697. The van der Waals surface area contributed by atoms with Crippen LogP contribution in [0.15, 0.2) is 24.3 Å². The predicted molar refractivity (Wildman–Crippen MR) is 68.3 cm³/mol. The lowest BCUT2D eigenvalue weighted by molar-refractivity contribution is 0.114. The van der Waals surface area contributed by atoms with Crippen LogP contribution in [0.1, 0.15) is 25.5 Å². The van der Waals surface area contributed by atoms with E-state index in [1.54, 1.807) is 12.1 Å². The van der Waals surface area contributed by atoms with E-state index in [1.165, 1.54) is 12.1 Å². The van der Waals surface area contributed by atoms with Gasteiger partial charge in [0.2, 0.25) is 0 Å². The Morgan fingerprint density at radius 1 is 1.28 bits per heavy atom. The number of halogens is 1. The van der Waals surface area contributed by atoms with Crippen molar-refractivity contribution in [2.24, 2.45) is 5.92 Å². The third-order valence-corrected chi connectivity index (χ3v) is 2.60. The Hall–Kier alpha value is -1.44. The lowest BCUT2D eigenvalue weighted by Gasteiger charge is -2.24. The molecule has 1 rings (SSSR count). The van der Waals surface area contributed by atoms with Crippen LogP contribution in [0.4, 0.5) is 4.39 Å². The molecule has 0 fully saturated rings. The molecule has 1 atom stereocenters. The molecule has 98 valence electrons. The van der Waals surface area contributed by atoms with Crippen LogP contribution in [0.25, 0.3) is 0 Å². The van der Waals surface area contributed by atoms with Crippen molar-refractivity contribution in [2.75, 3.05) is 19.6 Å². The highest BCUT2D eigenvalue weighted by Gasteiger charge is 2.14. The highest BCUT2D eigenvalue weighted by atomic mass is 19.1. The SMILES string of the molecule is CC(C)CN(CC#N)CC(O)c1ccc(F)cc1. The molecule has 0 bridgehead atoms. The number of hydrogen-bond donors (Lipinski definition) is 1. The second-order valence-electron chi connectivity index (χ2n) is 4.81. The van der Waals surface area contributed by atoms with Crippen molar-refractivity contribution >= 4 is 0 Å². The molecule has 0 heterocycles. The van der Waals surface area contributed by atoms with Crippen LogP contribution in [-0.4, -0.2) is 29.6 Å². The molecule has 0 aromatic heterocycles. The molecule has 0 saturated carbocycles. The van der Waals surface area contributed by atoms with E-state index in [-0.39, 0.29) is 12.4 Å². The van der Waals surface area contributed by atoms with Gasteiger partial charge >= 0.3 is 0 Å². The molecule has 0 amide bonds. The van der Waals surface area contributed by atoms with Crippen molar-refractivity contribution in [3.63, 3.8) is 0 Å². The van der Waals surface area contributed by atoms with Gasteiger partial charge in [0, 0.05) is 13.1 Å². The summed E-state index contributed by atoms with van der Waals surface area (Å²) in [5.41, 5.74) is 0.670. The molecule has 0 aliphatic carbocycles. The van der Waals surface area contributed by atoms with Gasteiger partial charge in [-0.25, -0.2) is 4.39 Å². The van der Waals surface area contributed by atoms with Gasteiger partial charge in [-0.15, -0.1) is 0 Å². The highest BCUT2D eigenvalue weighted by Crippen LogP contribution is 2.15. The van der Waals surface area contributed by atoms with Gasteiger partial charge < -0.3 is 5.11 Å². The minimum Gasteiger partial charge on any atom is -0.387 e. The van der Waals surface area contributed by atoms with Crippen LogP contribution >= 0.6 is 0 Å². The molecular weight excluding hydrogens is 231 g/mol. The number of hydrogen-bond acceptors (Lipinski definition) is 3. The fraction of sp³-hybridized carbons (Fsp3) is 0.500. The quantitative estimate of drug-likeness (QED) is 0.788. The minimum absolute atomic E-state index is 0.288. The van der Waals surface area contributed by atoms with Crippen molar-refractivity contribution in [1.82, 2.24) is 4.90 Å². The lowest BCUT2D eigenvalue weighted by atomic mass is 10.1. The van der Waals surface area contributed by atoms with Gasteiger partial charge in [0.25, 0.3) is 0 Å². The third-order valence-electron chi connectivity index (χ3n) is 2.60. The van der Waals surface area contributed by atoms with E-state index in [2.05, 4.69) is 19.9 Å². The Morgan fingerprint density at radius 3 is 2.39 bits per heavy atom. The zero-order valence-electron chi connectivity index (χ0n) is 10.8. The molecular formula is C14H19FN2O. The smallest absolute Gasteiger partial charge is 0.123 e. The zero-order chi connectivity index (χ0) is 13.5. The molecule has 0 radical (unpaired) electrons. The van der Waals surface area contributed by atoms with Crippen LogP contribution in [0.3, 0.4) is 0 Å². The molecule has 0 aliphatic heterocycles. The Labute approximate surface area is 107 Å². The maximum atomic E-state index is 12.8. The molecule has 4 heteroatoms. The summed E-state index contributed by atoms with van der Waals surface area (Å²) in [4.78, 5) is 1.90. The second-order valence-corrected chi connectivity index (χ2v) is 4.81. The molecule has 1 unspecified atom stereocenters. The fourth-order valence-corrected chi connectivity index (χ4v) is 1.85. The van der Waals surface area contributed by atoms with E-state index in [9.17, 15) is 9.50 Å². The number of benzene rings is 1. The summed E-state index contributed by atoms with van der Waals surface area (Å²) in [5.74, 6) is 0.112. The maximum Gasteiger partial charge on any atom is 0.123 e. The van der Waals surface area contributed by atoms with Crippen molar-refractivity contribution in [1.29, 1.82) is 5.26 Å². The first kappa shape index (κ1) is 14.6. The minimum atomic E-state index is -0.697. The summed E-state index contributed by atoms with van der Waals surface area (Å²) >= 11 is 0. The molecule has 0 saturated heterocycles. The Balaban J connectivity index is 2.63. The van der Waals surface area contributed by atoms with Gasteiger partial charge in [-0.2, -0.15) is 5.26 Å². The Kier molecular flexibility index (Phi) is 5.76. The van der Waals surface area contributed by atoms with Gasteiger partial charge in [0.05, 0.1) is 18.7 Å². The molecule has 1 aromatic rings. The summed E-state index contributed by atoms with van der Waals surface area (Å²) in [6, 6.07) is 7.89. The predicted octanol–water partition coefficient (Wildman–Crippen LogP) is 2.34.